The van der Waals surface area contributed by atoms with Crippen LogP contribution >= 0.6 is 93.8 Å². The fourth-order valence-corrected chi connectivity index (χ4v) is 1.53. The summed E-state index contributed by atoms with van der Waals surface area (Å²) in [6.07, 6.45) is 0. The average molecular weight is 317 g/mol. The number of alkyl halides is 7. The van der Waals surface area contributed by atoms with E-state index in [1.807, 2.05) is 0 Å². The minimum atomic E-state index is -2.01. The van der Waals surface area contributed by atoms with E-state index in [4.69, 9.17) is 81.2 Å². The Hall–Kier alpha value is 2.38. The number of halogens is 7. The molecule has 0 saturated carbocycles. The number of rotatable bonds is 1. The lowest BCUT2D eigenvalue weighted by atomic mass is 10.5. The van der Waals surface area contributed by atoms with Crippen molar-refractivity contribution < 1.29 is 0 Å². The van der Waals surface area contributed by atoms with Crippen molar-refractivity contribution in [2.24, 2.45) is 0 Å². The molecule has 0 fully saturated rings. The van der Waals surface area contributed by atoms with Crippen LogP contribution in [0.2, 0.25) is 0 Å². The maximum atomic E-state index is 5.52. The van der Waals surface area contributed by atoms with Crippen molar-refractivity contribution in [1.29, 1.82) is 0 Å². The summed E-state index contributed by atoms with van der Waals surface area (Å²) in [5, 5.41) is 0. The van der Waals surface area contributed by atoms with Gasteiger partial charge in [-0.05, 0) is 0 Å². The van der Waals surface area contributed by atoms with Gasteiger partial charge in [-0.1, -0.05) is 81.2 Å². The average Bonchev–Trinajstić information content (AvgIpc) is 1.58. The molecule has 8 heteroatoms. The molecule has 0 rings (SSSR count). The van der Waals surface area contributed by atoms with E-state index in [-0.39, 0.29) is 0 Å². The molecule has 0 unspecified atom stereocenters. The van der Waals surface area contributed by atoms with Gasteiger partial charge in [-0.3, -0.25) is 0 Å². The first kappa shape index (κ1) is 13.4. The van der Waals surface area contributed by atoms with Gasteiger partial charge in [-0.2, -0.15) is 0 Å². The molecular formula is C3HCl7S. The summed E-state index contributed by atoms with van der Waals surface area (Å²) in [7, 11) is 0. The quantitative estimate of drug-likeness (QED) is 0.531. The summed E-state index contributed by atoms with van der Waals surface area (Å²) in [4.78, 5) is 0. The third-order valence-electron chi connectivity index (χ3n) is 0.734. The lowest BCUT2D eigenvalue weighted by Crippen LogP contribution is -2.43. The van der Waals surface area contributed by atoms with E-state index in [1.54, 1.807) is 0 Å². The smallest absolute Gasteiger partial charge is 0.138 e. The van der Waals surface area contributed by atoms with E-state index in [0.29, 0.717) is 0 Å². The van der Waals surface area contributed by atoms with Gasteiger partial charge in [0.15, 0.2) is 3.67 Å². The highest BCUT2D eigenvalue weighted by molar-refractivity contribution is 7.85. The minimum Gasteiger partial charge on any atom is -0.138 e. The van der Waals surface area contributed by atoms with Crippen LogP contribution in [0.3, 0.4) is 0 Å². The molecule has 0 amide bonds. The zero-order chi connectivity index (χ0) is 9.50. The van der Waals surface area contributed by atoms with E-state index < -0.39 is 11.8 Å². The van der Waals surface area contributed by atoms with Gasteiger partial charge in [0.1, 0.15) is 0 Å². The highest BCUT2D eigenvalue weighted by Crippen LogP contribution is 2.57. The Morgan fingerprint density at radius 3 is 1.00 bits per heavy atom. The van der Waals surface area contributed by atoms with Gasteiger partial charge < -0.3 is 0 Å². The Morgan fingerprint density at radius 2 is 1.00 bits per heavy atom. The summed E-state index contributed by atoms with van der Waals surface area (Å²) < 4.78 is -5.85. The molecule has 0 radical (unpaired) electrons. The fraction of sp³-hybridized carbons (Fsp3) is 1.00. The summed E-state index contributed by atoms with van der Waals surface area (Å²) in [6.45, 7) is 0. The first-order valence-electron chi connectivity index (χ1n) is 2.05. The topological polar surface area (TPSA) is 0 Å². The number of hydrogen-bond acceptors (Lipinski definition) is 1. The van der Waals surface area contributed by atoms with Gasteiger partial charge >= 0.3 is 0 Å². The Kier molecular flexibility index (Phi) is 4.70. The van der Waals surface area contributed by atoms with Crippen molar-refractivity contribution >= 4 is 93.8 Å². The second kappa shape index (κ2) is 3.86. The molecule has 0 aromatic heterocycles. The molecule has 0 nitrogen and oxygen atoms in total. The van der Waals surface area contributed by atoms with Crippen LogP contribution in [0.5, 0.6) is 0 Å². The summed E-state index contributed by atoms with van der Waals surface area (Å²) >= 11 is 41.6. The lowest BCUT2D eigenvalue weighted by Gasteiger charge is -2.33. The van der Waals surface area contributed by atoms with Crippen LogP contribution in [0.4, 0.5) is 0 Å². The van der Waals surface area contributed by atoms with E-state index in [0.717, 1.165) is 0 Å². The third kappa shape index (κ3) is 3.21. The molecule has 68 valence electrons. The molecule has 11 heavy (non-hydrogen) atoms. The summed E-state index contributed by atoms with van der Waals surface area (Å²) in [5.74, 6) is 0. The lowest BCUT2D eigenvalue weighted by molar-refractivity contribution is 0.830. The first-order valence-corrected chi connectivity index (χ1v) is 5.14. The van der Waals surface area contributed by atoms with E-state index >= 15 is 0 Å². The van der Waals surface area contributed by atoms with Crippen molar-refractivity contribution in [3.63, 3.8) is 0 Å². The normalized spacial score (nSPS) is 15.3. The van der Waals surface area contributed by atoms with E-state index in [1.165, 1.54) is 0 Å². The zero-order valence-corrected chi connectivity index (χ0v) is 10.8. The monoisotopic (exact) mass is 314 g/mol. The maximum Gasteiger partial charge on any atom is 0.226 e. The predicted molar refractivity (Wildman–Crippen MR) is 58.2 cm³/mol. The van der Waals surface area contributed by atoms with Crippen LogP contribution in [0.25, 0.3) is 0 Å². The summed E-state index contributed by atoms with van der Waals surface area (Å²) in [6, 6.07) is 0. The Balaban J connectivity index is 4.75. The van der Waals surface area contributed by atoms with Crippen LogP contribution in [0.1, 0.15) is 0 Å². The molecule has 0 saturated heterocycles. The van der Waals surface area contributed by atoms with Crippen molar-refractivity contribution in [2.45, 2.75) is 11.8 Å². The molecular weight excluding hydrogens is 316 g/mol. The molecule has 0 heterocycles. The van der Waals surface area contributed by atoms with Gasteiger partial charge in [-0.15, -0.1) is 12.6 Å². The number of thiol groups is 1. The second-order valence-corrected chi connectivity index (χ2v) is 7.75. The van der Waals surface area contributed by atoms with E-state index in [2.05, 4.69) is 12.6 Å². The molecule has 0 aromatic rings. The van der Waals surface area contributed by atoms with Crippen LogP contribution in [0, 0.1) is 0 Å². The molecule has 0 spiro atoms. The largest absolute Gasteiger partial charge is 0.226 e. The van der Waals surface area contributed by atoms with Gasteiger partial charge in [0.05, 0.1) is 0 Å². The Labute approximate surface area is 105 Å². The molecule has 0 atom stereocenters. The molecule has 0 N–H and O–H groups in total. The minimum absolute atomic E-state index is 1.85. The zero-order valence-electron chi connectivity index (χ0n) is 4.59. The van der Waals surface area contributed by atoms with Gasteiger partial charge in [-0.25, -0.2) is 0 Å². The van der Waals surface area contributed by atoms with Gasteiger partial charge in [0.25, 0.3) is 0 Å². The number of hydrogen-bond donors (Lipinski definition) is 1. The molecule has 0 aliphatic rings. The maximum absolute atomic E-state index is 5.52. The Bertz CT molecular complexity index is 125. The van der Waals surface area contributed by atoms with Crippen molar-refractivity contribution in [1.82, 2.24) is 0 Å². The fourth-order valence-electron chi connectivity index (χ4n) is 0.171. The molecule has 0 bridgehead atoms. The second-order valence-electron chi connectivity index (χ2n) is 1.61. The van der Waals surface area contributed by atoms with Crippen molar-refractivity contribution in [3.05, 3.63) is 0 Å². The van der Waals surface area contributed by atoms with Crippen LogP contribution in [0.15, 0.2) is 0 Å². The van der Waals surface area contributed by atoms with Crippen LogP contribution in [-0.2, 0) is 0 Å². The molecule has 0 aliphatic heterocycles. The van der Waals surface area contributed by atoms with Crippen molar-refractivity contribution in [3.8, 4) is 0 Å². The summed E-state index contributed by atoms with van der Waals surface area (Å²) in [5.41, 5.74) is 0. The molecule has 0 aromatic carbocycles. The standard InChI is InChI=1S/C3HCl7S/c4-1(5,2(6,7)8)3(9,10)11/h11H. The van der Waals surface area contributed by atoms with E-state index in [9.17, 15) is 0 Å². The molecule has 0 aliphatic carbocycles. The highest BCUT2D eigenvalue weighted by atomic mass is 35.6. The Morgan fingerprint density at radius 1 is 0.727 bits per heavy atom. The van der Waals surface area contributed by atoms with Crippen LogP contribution in [-0.4, -0.2) is 11.8 Å². The third-order valence-corrected chi connectivity index (χ3v) is 4.85. The first-order chi connectivity index (χ1) is 4.50. The van der Waals surface area contributed by atoms with Crippen molar-refractivity contribution in [2.75, 3.05) is 0 Å². The van der Waals surface area contributed by atoms with Crippen LogP contribution < -0.4 is 0 Å². The van der Waals surface area contributed by atoms with Gasteiger partial charge in [0, 0.05) is 0 Å². The highest BCUT2D eigenvalue weighted by Gasteiger charge is 2.58. The SMILES string of the molecule is SC(Cl)(Cl)C(Cl)(Cl)C(Cl)(Cl)Cl. The predicted octanol–water partition coefficient (Wildman–Crippen LogP) is 4.59. The van der Waals surface area contributed by atoms with Gasteiger partial charge in [0.2, 0.25) is 8.13 Å².